The Morgan fingerprint density at radius 1 is 1.35 bits per heavy atom. The summed E-state index contributed by atoms with van der Waals surface area (Å²) in [6.45, 7) is 6.40. The van der Waals surface area contributed by atoms with Gasteiger partial charge in [-0.3, -0.25) is 4.98 Å². The predicted molar refractivity (Wildman–Crippen MR) is 84.9 cm³/mol. The first kappa shape index (κ1) is 14.6. The summed E-state index contributed by atoms with van der Waals surface area (Å²) < 4.78 is 0. The molecule has 0 spiro atoms. The third-order valence-electron chi connectivity index (χ3n) is 3.41. The standard InChI is InChI=1S/C16H23N3O/c1-4-7-16(3,20)10-18-15-8-11(2)19-14-6-5-12(17)9-13(14)15/h5-6,8-9,20H,4,7,10,17H2,1-3H3,(H,18,19). The van der Waals surface area contributed by atoms with Crippen molar-refractivity contribution in [2.45, 2.75) is 39.2 Å². The Kier molecular flexibility index (Phi) is 4.14. The van der Waals surface area contributed by atoms with Crippen molar-refractivity contribution >= 4 is 22.3 Å². The first-order chi connectivity index (χ1) is 9.41. The number of aryl methyl sites for hydroxylation is 1. The maximum atomic E-state index is 10.3. The van der Waals surface area contributed by atoms with Gasteiger partial charge in [0, 0.05) is 29.0 Å². The highest BCUT2D eigenvalue weighted by molar-refractivity contribution is 5.93. The molecule has 4 N–H and O–H groups in total. The van der Waals surface area contributed by atoms with E-state index in [2.05, 4.69) is 17.2 Å². The molecule has 0 amide bonds. The number of hydrogen-bond acceptors (Lipinski definition) is 4. The summed E-state index contributed by atoms with van der Waals surface area (Å²) in [7, 11) is 0. The van der Waals surface area contributed by atoms with Gasteiger partial charge in [-0.25, -0.2) is 0 Å². The maximum absolute atomic E-state index is 10.3. The number of nitrogens with two attached hydrogens (primary N) is 1. The van der Waals surface area contributed by atoms with Crippen LogP contribution < -0.4 is 11.1 Å². The summed E-state index contributed by atoms with van der Waals surface area (Å²) in [5.41, 5.74) is 8.69. The van der Waals surface area contributed by atoms with E-state index in [1.807, 2.05) is 38.1 Å². The van der Waals surface area contributed by atoms with Crippen molar-refractivity contribution in [2.24, 2.45) is 0 Å². The van der Waals surface area contributed by atoms with Crippen LogP contribution in [0.4, 0.5) is 11.4 Å². The van der Waals surface area contributed by atoms with Crippen LogP contribution in [0.25, 0.3) is 10.9 Å². The largest absolute Gasteiger partial charge is 0.399 e. The third-order valence-corrected chi connectivity index (χ3v) is 3.41. The second-order valence-electron chi connectivity index (χ2n) is 5.69. The Hall–Kier alpha value is -1.81. The Morgan fingerprint density at radius 3 is 2.80 bits per heavy atom. The molecule has 20 heavy (non-hydrogen) atoms. The second-order valence-corrected chi connectivity index (χ2v) is 5.69. The van der Waals surface area contributed by atoms with Gasteiger partial charge < -0.3 is 16.2 Å². The Balaban J connectivity index is 2.31. The van der Waals surface area contributed by atoms with Gasteiger partial charge >= 0.3 is 0 Å². The van der Waals surface area contributed by atoms with Crippen molar-refractivity contribution < 1.29 is 5.11 Å². The van der Waals surface area contributed by atoms with Gasteiger partial charge in [-0.15, -0.1) is 0 Å². The van der Waals surface area contributed by atoms with E-state index in [1.165, 1.54) is 0 Å². The molecule has 0 radical (unpaired) electrons. The van der Waals surface area contributed by atoms with Crippen molar-refractivity contribution in [3.8, 4) is 0 Å². The highest BCUT2D eigenvalue weighted by Crippen LogP contribution is 2.26. The zero-order valence-corrected chi connectivity index (χ0v) is 12.4. The van der Waals surface area contributed by atoms with Crippen LogP contribution in [-0.4, -0.2) is 22.2 Å². The summed E-state index contributed by atoms with van der Waals surface area (Å²) >= 11 is 0. The minimum absolute atomic E-state index is 0.508. The maximum Gasteiger partial charge on any atom is 0.0791 e. The molecule has 2 aromatic rings. The number of benzene rings is 1. The fourth-order valence-corrected chi connectivity index (χ4v) is 2.43. The average Bonchev–Trinajstić information content (AvgIpc) is 2.36. The SMILES string of the molecule is CCCC(C)(O)CNc1cc(C)nc2ccc(N)cc12. The monoisotopic (exact) mass is 273 g/mol. The average molecular weight is 273 g/mol. The third kappa shape index (κ3) is 3.39. The molecule has 0 saturated heterocycles. The van der Waals surface area contributed by atoms with Crippen molar-refractivity contribution in [2.75, 3.05) is 17.6 Å². The number of nitrogen functional groups attached to an aromatic ring is 1. The molecular weight excluding hydrogens is 250 g/mol. The van der Waals surface area contributed by atoms with E-state index in [0.29, 0.717) is 12.2 Å². The molecule has 1 aromatic carbocycles. The van der Waals surface area contributed by atoms with Crippen LogP contribution in [0.3, 0.4) is 0 Å². The molecule has 1 aromatic heterocycles. The lowest BCUT2D eigenvalue weighted by atomic mass is 10.0. The number of pyridine rings is 1. The zero-order chi connectivity index (χ0) is 14.8. The molecule has 1 atom stereocenters. The lowest BCUT2D eigenvalue weighted by Crippen LogP contribution is -2.33. The number of fused-ring (bicyclic) bond motifs is 1. The molecule has 0 aliphatic heterocycles. The van der Waals surface area contributed by atoms with Crippen molar-refractivity contribution in [1.29, 1.82) is 0 Å². The number of hydrogen-bond donors (Lipinski definition) is 3. The topological polar surface area (TPSA) is 71.2 Å². The van der Waals surface area contributed by atoms with E-state index >= 15 is 0 Å². The van der Waals surface area contributed by atoms with Crippen LogP contribution in [0.2, 0.25) is 0 Å². The van der Waals surface area contributed by atoms with Gasteiger partial charge in [-0.2, -0.15) is 0 Å². The highest BCUT2D eigenvalue weighted by Gasteiger charge is 2.19. The highest BCUT2D eigenvalue weighted by atomic mass is 16.3. The van der Waals surface area contributed by atoms with Crippen molar-refractivity contribution in [3.05, 3.63) is 30.0 Å². The number of aromatic nitrogens is 1. The van der Waals surface area contributed by atoms with Crippen molar-refractivity contribution in [3.63, 3.8) is 0 Å². The van der Waals surface area contributed by atoms with E-state index in [4.69, 9.17) is 5.73 Å². The first-order valence-electron chi connectivity index (χ1n) is 7.04. The summed E-state index contributed by atoms with van der Waals surface area (Å²) in [5, 5.41) is 14.6. The smallest absolute Gasteiger partial charge is 0.0791 e. The fourth-order valence-electron chi connectivity index (χ4n) is 2.43. The molecule has 4 nitrogen and oxygen atoms in total. The zero-order valence-electron chi connectivity index (χ0n) is 12.4. The molecule has 0 fully saturated rings. The van der Waals surface area contributed by atoms with Gasteiger partial charge in [0.2, 0.25) is 0 Å². The number of nitrogens with one attached hydrogen (secondary N) is 1. The summed E-state index contributed by atoms with van der Waals surface area (Å²) in [6, 6.07) is 7.68. The van der Waals surface area contributed by atoms with E-state index in [0.717, 1.165) is 35.1 Å². The van der Waals surface area contributed by atoms with Crippen LogP contribution >= 0.6 is 0 Å². The Bertz CT molecular complexity index is 608. The van der Waals surface area contributed by atoms with E-state index < -0.39 is 5.60 Å². The fraction of sp³-hybridized carbons (Fsp3) is 0.438. The van der Waals surface area contributed by atoms with Gasteiger partial charge in [0.05, 0.1) is 11.1 Å². The van der Waals surface area contributed by atoms with Crippen LogP contribution in [0, 0.1) is 6.92 Å². The predicted octanol–water partition coefficient (Wildman–Crippen LogP) is 3.09. The lowest BCUT2D eigenvalue weighted by molar-refractivity contribution is 0.0637. The minimum Gasteiger partial charge on any atom is -0.399 e. The normalized spacial score (nSPS) is 14.2. The number of rotatable bonds is 5. The van der Waals surface area contributed by atoms with Gasteiger partial charge in [0.1, 0.15) is 0 Å². The summed E-state index contributed by atoms with van der Waals surface area (Å²) in [4.78, 5) is 4.50. The summed E-state index contributed by atoms with van der Waals surface area (Å²) in [5.74, 6) is 0. The minimum atomic E-state index is -0.710. The van der Waals surface area contributed by atoms with Gasteiger partial charge in [0.15, 0.2) is 0 Å². The molecule has 1 unspecified atom stereocenters. The molecule has 4 heteroatoms. The Morgan fingerprint density at radius 2 is 2.10 bits per heavy atom. The van der Waals surface area contributed by atoms with Crippen LogP contribution in [0.15, 0.2) is 24.3 Å². The van der Waals surface area contributed by atoms with Gasteiger partial charge in [-0.1, -0.05) is 13.3 Å². The molecule has 108 valence electrons. The van der Waals surface area contributed by atoms with Crippen LogP contribution in [-0.2, 0) is 0 Å². The quantitative estimate of drug-likeness (QED) is 0.732. The summed E-state index contributed by atoms with van der Waals surface area (Å²) in [6.07, 6.45) is 1.72. The Labute approximate surface area is 120 Å². The van der Waals surface area contributed by atoms with E-state index in [-0.39, 0.29) is 0 Å². The van der Waals surface area contributed by atoms with Crippen LogP contribution in [0.5, 0.6) is 0 Å². The van der Waals surface area contributed by atoms with E-state index in [1.54, 1.807) is 0 Å². The number of nitrogens with zero attached hydrogens (tertiary/aromatic N) is 1. The second kappa shape index (κ2) is 5.67. The molecule has 0 aliphatic rings. The molecule has 1 heterocycles. The first-order valence-corrected chi connectivity index (χ1v) is 7.04. The molecule has 0 saturated carbocycles. The van der Waals surface area contributed by atoms with E-state index in [9.17, 15) is 5.11 Å². The molecule has 2 rings (SSSR count). The number of anilines is 2. The van der Waals surface area contributed by atoms with Crippen molar-refractivity contribution in [1.82, 2.24) is 4.98 Å². The molecule has 0 bridgehead atoms. The van der Waals surface area contributed by atoms with Gasteiger partial charge in [-0.05, 0) is 44.5 Å². The molecular formula is C16H23N3O. The molecule has 0 aliphatic carbocycles. The lowest BCUT2D eigenvalue weighted by Gasteiger charge is -2.24. The number of aliphatic hydroxyl groups is 1. The van der Waals surface area contributed by atoms with Crippen LogP contribution in [0.1, 0.15) is 32.4 Å². The van der Waals surface area contributed by atoms with Gasteiger partial charge in [0.25, 0.3) is 0 Å².